The Bertz CT molecular complexity index is 598. The predicted molar refractivity (Wildman–Crippen MR) is 91.6 cm³/mol. The number of carboxylic acids is 2. The van der Waals surface area contributed by atoms with Crippen LogP contribution in [0.1, 0.15) is 26.2 Å². The standard InChI is InChI=1S/C13H24N3O9PS/c1-2-11(26(23,24)25)27-6-8(12(20)15-5-10(18)19)16-9(17)4-3-7(14)13(21)22/h7-8,11H,2-6,14H2,1H3,(H,15,20)(H,16,17)(H,18,19)(H,21,22)(H2,23,24,25)/p-2/t7?,8?,11-/m0/s1. The number of carbonyl (C=O) groups is 4. The molecular formula is C13H22N3O9PS-2. The molecule has 3 atom stereocenters. The lowest BCUT2D eigenvalue weighted by Crippen LogP contribution is -2.49. The Morgan fingerprint density at radius 2 is 1.81 bits per heavy atom. The van der Waals surface area contributed by atoms with Crippen LogP contribution in [-0.2, 0) is 23.7 Å². The van der Waals surface area contributed by atoms with Crippen LogP contribution in [0.4, 0.5) is 0 Å². The van der Waals surface area contributed by atoms with E-state index in [4.69, 9.17) is 15.9 Å². The number of carboxylic acid groups (broad SMARTS) is 2. The Labute approximate surface area is 159 Å². The molecule has 2 unspecified atom stereocenters. The van der Waals surface area contributed by atoms with Crippen LogP contribution in [-0.4, -0.2) is 63.3 Å². The average molecular weight is 427 g/mol. The first kappa shape index (κ1) is 25.3. The van der Waals surface area contributed by atoms with E-state index in [0.29, 0.717) is 11.8 Å². The largest absolute Gasteiger partial charge is 0.810 e. The summed E-state index contributed by atoms with van der Waals surface area (Å²) >= 11 is 0.641. The lowest BCUT2D eigenvalue weighted by Gasteiger charge is -2.37. The van der Waals surface area contributed by atoms with Gasteiger partial charge in [-0.1, -0.05) is 14.5 Å². The zero-order chi connectivity index (χ0) is 21.2. The third-order valence-electron chi connectivity index (χ3n) is 3.22. The number of aliphatic carboxylic acids is 2. The van der Waals surface area contributed by atoms with E-state index in [1.807, 2.05) is 5.32 Å². The minimum absolute atomic E-state index is 0.0141. The number of nitrogens with one attached hydrogen (secondary N) is 2. The Morgan fingerprint density at radius 3 is 2.26 bits per heavy atom. The highest BCUT2D eigenvalue weighted by atomic mass is 32.2. The molecule has 27 heavy (non-hydrogen) atoms. The van der Waals surface area contributed by atoms with E-state index in [2.05, 4.69) is 5.32 Å². The van der Waals surface area contributed by atoms with Crippen LogP contribution in [0, 0.1) is 0 Å². The summed E-state index contributed by atoms with van der Waals surface area (Å²) in [5, 5.41) is 21.6. The molecule has 0 heterocycles. The normalized spacial score (nSPS) is 14.7. The molecule has 0 aromatic carbocycles. The zero-order valence-corrected chi connectivity index (χ0v) is 16.2. The van der Waals surface area contributed by atoms with Crippen LogP contribution < -0.4 is 26.2 Å². The molecule has 0 saturated carbocycles. The van der Waals surface area contributed by atoms with Crippen molar-refractivity contribution in [2.45, 2.75) is 43.3 Å². The van der Waals surface area contributed by atoms with Crippen molar-refractivity contribution in [3.63, 3.8) is 0 Å². The third-order valence-corrected chi connectivity index (χ3v) is 6.76. The van der Waals surface area contributed by atoms with Gasteiger partial charge in [0.1, 0.15) is 18.6 Å². The topological polar surface area (TPSA) is 222 Å². The van der Waals surface area contributed by atoms with E-state index in [9.17, 15) is 33.5 Å². The summed E-state index contributed by atoms with van der Waals surface area (Å²) in [6.45, 7) is 0.740. The highest BCUT2D eigenvalue weighted by Crippen LogP contribution is 2.41. The second-order valence-electron chi connectivity index (χ2n) is 5.45. The van der Waals surface area contributed by atoms with Crippen molar-refractivity contribution in [1.29, 1.82) is 0 Å². The molecule has 0 aliphatic carbocycles. The van der Waals surface area contributed by atoms with Crippen LogP contribution in [0.25, 0.3) is 0 Å². The molecule has 0 aliphatic rings. The lowest BCUT2D eigenvalue weighted by atomic mass is 10.1. The number of amides is 2. The van der Waals surface area contributed by atoms with Crippen molar-refractivity contribution in [1.82, 2.24) is 10.6 Å². The first-order chi connectivity index (χ1) is 12.4. The maximum absolute atomic E-state index is 12.0. The Hall–Kier alpha value is -1.66. The van der Waals surface area contributed by atoms with Crippen LogP contribution in [0.5, 0.6) is 0 Å². The van der Waals surface area contributed by atoms with E-state index in [1.54, 1.807) is 0 Å². The van der Waals surface area contributed by atoms with Gasteiger partial charge in [0.05, 0.1) is 0 Å². The highest BCUT2D eigenvalue weighted by Gasteiger charge is 2.24. The molecular weight excluding hydrogens is 405 g/mol. The summed E-state index contributed by atoms with van der Waals surface area (Å²) in [5.41, 5.74) is 5.27. The van der Waals surface area contributed by atoms with Gasteiger partial charge in [-0.05, 0) is 12.8 Å². The molecule has 0 rings (SSSR count). The molecule has 14 heteroatoms. The van der Waals surface area contributed by atoms with Crippen LogP contribution >= 0.6 is 19.4 Å². The number of hydrogen-bond donors (Lipinski definition) is 5. The number of hydrogen-bond acceptors (Lipinski definition) is 9. The average Bonchev–Trinajstić information content (AvgIpc) is 2.55. The second-order valence-corrected chi connectivity index (χ2v) is 8.74. The van der Waals surface area contributed by atoms with Crippen LogP contribution in [0.3, 0.4) is 0 Å². The van der Waals surface area contributed by atoms with Gasteiger partial charge in [0.2, 0.25) is 11.8 Å². The molecule has 0 fully saturated rings. The van der Waals surface area contributed by atoms with E-state index in [0.717, 1.165) is 0 Å². The highest BCUT2D eigenvalue weighted by molar-refractivity contribution is 8.05. The van der Waals surface area contributed by atoms with Gasteiger partial charge in [0, 0.05) is 17.2 Å². The van der Waals surface area contributed by atoms with Gasteiger partial charge in [-0.25, -0.2) is 0 Å². The molecule has 12 nitrogen and oxygen atoms in total. The second kappa shape index (κ2) is 11.9. The molecule has 2 amide bonds. The quantitative estimate of drug-likeness (QED) is 0.189. The van der Waals surface area contributed by atoms with Crippen molar-refractivity contribution in [3.05, 3.63) is 0 Å². The molecule has 0 bridgehead atoms. The van der Waals surface area contributed by atoms with Gasteiger partial charge >= 0.3 is 11.9 Å². The summed E-state index contributed by atoms with van der Waals surface area (Å²) < 4.78 is 11.1. The maximum Gasteiger partial charge on any atom is 0.322 e. The Kier molecular flexibility index (Phi) is 11.2. The molecule has 6 N–H and O–H groups in total. The van der Waals surface area contributed by atoms with E-state index >= 15 is 0 Å². The molecule has 0 spiro atoms. The van der Waals surface area contributed by atoms with Crippen molar-refractivity contribution >= 4 is 43.1 Å². The van der Waals surface area contributed by atoms with E-state index in [-0.39, 0.29) is 25.0 Å². The van der Waals surface area contributed by atoms with Crippen molar-refractivity contribution < 1.29 is 43.7 Å². The van der Waals surface area contributed by atoms with Crippen LogP contribution in [0.2, 0.25) is 0 Å². The predicted octanol–water partition coefficient (Wildman–Crippen LogP) is -2.75. The molecule has 0 saturated heterocycles. The molecule has 156 valence electrons. The number of thioether (sulfide) groups is 1. The summed E-state index contributed by atoms with van der Waals surface area (Å²) in [5.74, 6) is -4.55. The summed E-state index contributed by atoms with van der Waals surface area (Å²) in [6.07, 6.45) is -0.537. The summed E-state index contributed by atoms with van der Waals surface area (Å²) in [4.78, 5) is 66.1. The fourth-order valence-electron chi connectivity index (χ4n) is 1.79. The minimum atomic E-state index is -4.92. The van der Waals surface area contributed by atoms with Crippen molar-refractivity contribution in [2.24, 2.45) is 5.73 Å². The smallest absolute Gasteiger partial charge is 0.322 e. The Balaban J connectivity index is 4.94. The lowest BCUT2D eigenvalue weighted by molar-refractivity contribution is -0.314. The number of carbonyl (C=O) groups excluding carboxylic acids is 2. The van der Waals surface area contributed by atoms with Crippen molar-refractivity contribution in [2.75, 3.05) is 12.3 Å². The number of rotatable bonds is 13. The molecule has 0 aromatic rings. The fourth-order valence-corrected chi connectivity index (χ4v) is 4.11. The van der Waals surface area contributed by atoms with Gasteiger partial charge in [0.15, 0.2) is 0 Å². The maximum atomic E-state index is 12.0. The summed E-state index contributed by atoms with van der Waals surface area (Å²) in [7, 11) is -4.92. The molecule has 0 aliphatic heterocycles. The molecule has 0 radical (unpaired) electrons. The number of nitrogens with two attached hydrogens (primary N) is 1. The van der Waals surface area contributed by atoms with Gasteiger partial charge in [-0.2, -0.15) is 11.8 Å². The van der Waals surface area contributed by atoms with Gasteiger partial charge in [-0.15, -0.1) is 0 Å². The first-order valence-electron chi connectivity index (χ1n) is 7.79. The van der Waals surface area contributed by atoms with Gasteiger partial charge < -0.3 is 40.9 Å². The fraction of sp³-hybridized carbons (Fsp3) is 0.692. The van der Waals surface area contributed by atoms with Crippen molar-refractivity contribution in [3.8, 4) is 0 Å². The third kappa shape index (κ3) is 10.9. The van der Waals surface area contributed by atoms with Gasteiger partial charge in [0.25, 0.3) is 0 Å². The SMILES string of the molecule is CC[C@H](SCC(NC(=O)CCC(N)C(=O)O)C(=O)NCC(=O)O)P(=O)([O-])[O-]. The summed E-state index contributed by atoms with van der Waals surface area (Å²) in [6, 6.07) is -2.59. The van der Waals surface area contributed by atoms with Gasteiger partial charge in [-0.3, -0.25) is 19.2 Å². The van der Waals surface area contributed by atoms with E-state index < -0.39 is 55.0 Å². The Morgan fingerprint density at radius 1 is 1.22 bits per heavy atom. The van der Waals surface area contributed by atoms with E-state index in [1.165, 1.54) is 6.92 Å². The van der Waals surface area contributed by atoms with Crippen LogP contribution in [0.15, 0.2) is 0 Å². The molecule has 0 aromatic heterocycles. The zero-order valence-electron chi connectivity index (χ0n) is 14.5. The first-order valence-corrected chi connectivity index (χ1v) is 10.4. The minimum Gasteiger partial charge on any atom is -0.810 e. The monoisotopic (exact) mass is 427 g/mol.